The summed E-state index contributed by atoms with van der Waals surface area (Å²) in [6.45, 7) is 3.76. The first kappa shape index (κ1) is 17.3. The van der Waals surface area contributed by atoms with Gasteiger partial charge in [-0.3, -0.25) is 0 Å². The van der Waals surface area contributed by atoms with Crippen LogP contribution in [-0.2, 0) is 22.3 Å². The lowest BCUT2D eigenvalue weighted by molar-refractivity contribution is -0.161. The zero-order chi connectivity index (χ0) is 16.8. The number of aryl methyl sites for hydroxylation is 1. The van der Waals surface area contributed by atoms with Gasteiger partial charge in [0.2, 0.25) is 0 Å². The molecule has 0 bridgehead atoms. The third-order valence-corrected chi connectivity index (χ3v) is 4.78. The fraction of sp³-hybridized carbons (Fsp3) is 0.600. The minimum atomic E-state index is -0.0161. The summed E-state index contributed by atoms with van der Waals surface area (Å²) < 4.78 is 17.0. The summed E-state index contributed by atoms with van der Waals surface area (Å²) >= 11 is 0. The number of ether oxygens (including phenoxy) is 3. The van der Waals surface area contributed by atoms with Crippen LogP contribution in [0.25, 0.3) is 10.9 Å². The van der Waals surface area contributed by atoms with E-state index in [-0.39, 0.29) is 6.29 Å². The Hall–Kier alpha value is -1.52. The summed E-state index contributed by atoms with van der Waals surface area (Å²) in [5.41, 5.74) is 3.90. The van der Waals surface area contributed by atoms with Crippen molar-refractivity contribution in [3.8, 4) is 5.75 Å². The lowest BCUT2D eigenvalue weighted by atomic mass is 10.0. The Balaban J connectivity index is 1.74. The molecule has 1 aliphatic rings. The van der Waals surface area contributed by atoms with E-state index >= 15 is 0 Å². The lowest BCUT2D eigenvalue weighted by Gasteiger charge is -2.22. The van der Waals surface area contributed by atoms with Crippen LogP contribution in [0.4, 0.5) is 0 Å². The number of aromatic amines is 1. The van der Waals surface area contributed by atoms with E-state index in [0.717, 1.165) is 38.0 Å². The van der Waals surface area contributed by atoms with E-state index in [2.05, 4.69) is 24.0 Å². The van der Waals surface area contributed by atoms with Gasteiger partial charge in [-0.25, -0.2) is 0 Å². The van der Waals surface area contributed by atoms with Gasteiger partial charge in [-0.1, -0.05) is 13.3 Å². The number of benzene rings is 1. The van der Waals surface area contributed by atoms with Crippen LogP contribution in [0.5, 0.6) is 5.75 Å². The van der Waals surface area contributed by atoms with Gasteiger partial charge in [0.1, 0.15) is 5.75 Å². The second-order valence-electron chi connectivity index (χ2n) is 6.51. The molecule has 1 atom stereocenters. The van der Waals surface area contributed by atoms with Gasteiger partial charge in [0.25, 0.3) is 0 Å². The van der Waals surface area contributed by atoms with Gasteiger partial charge in [0.15, 0.2) is 6.29 Å². The molecule has 2 heterocycles. The Morgan fingerprint density at radius 3 is 2.92 bits per heavy atom. The number of methoxy groups -OCH3 is 1. The molecule has 0 saturated carbocycles. The fourth-order valence-electron chi connectivity index (χ4n) is 3.40. The van der Waals surface area contributed by atoms with E-state index in [1.54, 1.807) is 7.11 Å². The molecular formula is C20H29NO3. The summed E-state index contributed by atoms with van der Waals surface area (Å²) in [6.07, 6.45) is 7.75. The molecule has 24 heavy (non-hydrogen) atoms. The third kappa shape index (κ3) is 4.11. The highest BCUT2D eigenvalue weighted by atomic mass is 16.7. The van der Waals surface area contributed by atoms with Crippen LogP contribution in [0.2, 0.25) is 0 Å². The zero-order valence-electron chi connectivity index (χ0n) is 14.9. The normalized spacial score (nSPS) is 18.2. The van der Waals surface area contributed by atoms with Crippen LogP contribution in [0.3, 0.4) is 0 Å². The molecule has 1 unspecified atom stereocenters. The quantitative estimate of drug-likeness (QED) is 0.768. The molecule has 4 heteroatoms. The molecule has 132 valence electrons. The first-order valence-corrected chi connectivity index (χ1v) is 9.22. The Morgan fingerprint density at radius 1 is 1.25 bits per heavy atom. The van der Waals surface area contributed by atoms with Crippen LogP contribution in [0, 0.1) is 0 Å². The molecule has 4 nitrogen and oxygen atoms in total. The molecule has 1 saturated heterocycles. The predicted octanol–water partition coefficient (Wildman–Crippen LogP) is 4.60. The van der Waals surface area contributed by atoms with Crippen molar-refractivity contribution in [3.05, 3.63) is 29.5 Å². The molecular weight excluding hydrogens is 302 g/mol. The highest BCUT2D eigenvalue weighted by Crippen LogP contribution is 2.28. The molecule has 0 amide bonds. The Labute approximate surface area is 144 Å². The number of hydrogen-bond donors (Lipinski definition) is 1. The van der Waals surface area contributed by atoms with Crippen molar-refractivity contribution in [3.63, 3.8) is 0 Å². The molecule has 1 fully saturated rings. The van der Waals surface area contributed by atoms with Crippen molar-refractivity contribution in [1.82, 2.24) is 4.98 Å². The van der Waals surface area contributed by atoms with Crippen LogP contribution < -0.4 is 4.74 Å². The van der Waals surface area contributed by atoms with Gasteiger partial charge in [0.05, 0.1) is 13.7 Å². The van der Waals surface area contributed by atoms with E-state index in [4.69, 9.17) is 14.2 Å². The van der Waals surface area contributed by atoms with Crippen LogP contribution >= 0.6 is 0 Å². The Morgan fingerprint density at radius 2 is 2.17 bits per heavy atom. The fourth-order valence-corrected chi connectivity index (χ4v) is 3.40. The summed E-state index contributed by atoms with van der Waals surface area (Å²) in [7, 11) is 1.72. The van der Waals surface area contributed by atoms with Gasteiger partial charge in [0, 0.05) is 23.2 Å². The van der Waals surface area contributed by atoms with E-state index < -0.39 is 0 Å². The second kappa shape index (κ2) is 8.54. The minimum absolute atomic E-state index is 0.0161. The van der Waals surface area contributed by atoms with E-state index in [1.807, 2.05) is 6.07 Å². The average Bonchev–Trinajstić information content (AvgIpc) is 2.97. The average molecular weight is 331 g/mol. The smallest absolute Gasteiger partial charge is 0.157 e. The number of nitrogens with one attached hydrogen (secondary N) is 1. The van der Waals surface area contributed by atoms with Crippen molar-refractivity contribution >= 4 is 10.9 Å². The maximum absolute atomic E-state index is 5.95. The number of aromatic nitrogens is 1. The lowest BCUT2D eigenvalue weighted by Crippen LogP contribution is -2.23. The van der Waals surface area contributed by atoms with Gasteiger partial charge in [-0.2, -0.15) is 0 Å². The van der Waals surface area contributed by atoms with E-state index in [9.17, 15) is 0 Å². The van der Waals surface area contributed by atoms with Crippen molar-refractivity contribution in [1.29, 1.82) is 0 Å². The monoisotopic (exact) mass is 331 g/mol. The minimum Gasteiger partial charge on any atom is -0.497 e. The van der Waals surface area contributed by atoms with Gasteiger partial charge >= 0.3 is 0 Å². The summed E-state index contributed by atoms with van der Waals surface area (Å²) in [4.78, 5) is 3.60. The molecule has 3 rings (SSSR count). The maximum atomic E-state index is 5.95. The van der Waals surface area contributed by atoms with Crippen molar-refractivity contribution in [2.24, 2.45) is 0 Å². The van der Waals surface area contributed by atoms with E-state index in [1.165, 1.54) is 41.4 Å². The summed E-state index contributed by atoms with van der Waals surface area (Å²) in [5.74, 6) is 0.904. The van der Waals surface area contributed by atoms with E-state index in [0.29, 0.717) is 6.61 Å². The Kier molecular flexibility index (Phi) is 6.16. The second-order valence-corrected chi connectivity index (χ2v) is 6.51. The van der Waals surface area contributed by atoms with Crippen molar-refractivity contribution in [2.75, 3.05) is 20.3 Å². The van der Waals surface area contributed by atoms with Crippen LogP contribution in [0.15, 0.2) is 18.2 Å². The number of unbranched alkanes of at least 4 members (excludes halogenated alkanes) is 1. The molecule has 1 aromatic carbocycles. The first-order valence-electron chi connectivity index (χ1n) is 9.22. The highest BCUT2D eigenvalue weighted by molar-refractivity contribution is 5.86. The predicted molar refractivity (Wildman–Crippen MR) is 96.7 cm³/mol. The molecule has 0 aliphatic carbocycles. The summed E-state index contributed by atoms with van der Waals surface area (Å²) in [6, 6.07) is 6.25. The number of fused-ring (bicyclic) bond motifs is 1. The molecule has 0 radical (unpaired) electrons. The molecule has 1 N–H and O–H groups in total. The van der Waals surface area contributed by atoms with Gasteiger partial charge < -0.3 is 19.2 Å². The SMILES string of the molecule is CCCCc1[nH]c2ccc(OC)cc2c1CCOC1CCCCO1. The number of rotatable bonds is 8. The van der Waals surface area contributed by atoms with Crippen molar-refractivity contribution < 1.29 is 14.2 Å². The molecule has 1 aliphatic heterocycles. The maximum Gasteiger partial charge on any atom is 0.157 e. The third-order valence-electron chi connectivity index (χ3n) is 4.78. The molecule has 1 aromatic heterocycles. The first-order chi connectivity index (χ1) is 11.8. The molecule has 0 spiro atoms. The summed E-state index contributed by atoms with van der Waals surface area (Å²) in [5, 5.41) is 1.26. The Bertz CT molecular complexity index is 644. The largest absolute Gasteiger partial charge is 0.497 e. The highest BCUT2D eigenvalue weighted by Gasteiger charge is 2.16. The van der Waals surface area contributed by atoms with Gasteiger partial charge in [-0.05, 0) is 62.3 Å². The topological polar surface area (TPSA) is 43.5 Å². The van der Waals surface area contributed by atoms with Gasteiger partial charge in [-0.15, -0.1) is 0 Å². The van der Waals surface area contributed by atoms with Crippen molar-refractivity contribution in [2.45, 2.75) is 58.2 Å². The zero-order valence-corrected chi connectivity index (χ0v) is 14.9. The number of H-pyrrole nitrogens is 1. The number of hydrogen-bond acceptors (Lipinski definition) is 3. The van der Waals surface area contributed by atoms with Crippen LogP contribution in [0.1, 0.15) is 50.3 Å². The van der Waals surface area contributed by atoms with Crippen LogP contribution in [-0.4, -0.2) is 31.6 Å². The molecule has 2 aromatic rings. The standard InChI is InChI=1S/C20H29NO3/c1-3-4-7-18-16(11-13-24-20-8-5-6-12-23-20)17-14-15(22-2)9-10-19(17)21-18/h9-10,14,20-21H,3-8,11-13H2,1-2H3.